The van der Waals surface area contributed by atoms with Crippen LogP contribution in [-0.2, 0) is 4.74 Å². The van der Waals surface area contributed by atoms with E-state index in [0.717, 1.165) is 0 Å². The number of carbonyl (C=O) groups excluding carboxylic acids is 1. The molecule has 0 saturated carbocycles. The van der Waals surface area contributed by atoms with Crippen molar-refractivity contribution >= 4 is 35.3 Å². The Morgan fingerprint density at radius 2 is 2.26 bits per heavy atom. The van der Waals surface area contributed by atoms with Crippen molar-refractivity contribution in [1.82, 2.24) is 15.3 Å². The normalized spacial score (nSPS) is 12.2. The number of amides is 1. The number of rotatable bonds is 6. The number of nitriles is 1. The van der Waals surface area contributed by atoms with Crippen LogP contribution in [0.4, 0.5) is 10.6 Å². The molecule has 1 heterocycles. The summed E-state index contributed by atoms with van der Waals surface area (Å²) in [6.07, 6.45) is 2.90. The summed E-state index contributed by atoms with van der Waals surface area (Å²) in [6, 6.07) is 1.69. The molecule has 1 amide bonds. The average molecular weight is 358 g/mol. The molecule has 1 rings (SSSR count). The van der Waals surface area contributed by atoms with Crippen LogP contribution >= 0.6 is 23.4 Å². The second-order valence-corrected chi connectivity index (χ2v) is 6.95. The largest absolute Gasteiger partial charge is 0.444 e. The number of alkyl carbamates (subject to hydrolysis) is 1. The summed E-state index contributed by atoms with van der Waals surface area (Å²) in [5.41, 5.74) is -0.474. The first-order chi connectivity index (χ1) is 10.7. The number of carbonyl (C=O) groups is 1. The Morgan fingerprint density at radius 3 is 2.78 bits per heavy atom. The first kappa shape index (κ1) is 19.3. The van der Waals surface area contributed by atoms with E-state index in [0.29, 0.717) is 18.1 Å². The van der Waals surface area contributed by atoms with Crippen LogP contribution in [0.1, 0.15) is 26.5 Å². The lowest BCUT2D eigenvalue weighted by Crippen LogP contribution is -2.44. The zero-order chi connectivity index (χ0) is 17.5. The molecule has 0 aliphatic heterocycles. The number of nitrogens with one attached hydrogen (secondary N) is 2. The Bertz CT molecular complexity index is 586. The molecule has 126 valence electrons. The van der Waals surface area contributed by atoms with Crippen LogP contribution < -0.4 is 10.6 Å². The van der Waals surface area contributed by atoms with Gasteiger partial charge in [-0.2, -0.15) is 17.0 Å². The fraction of sp³-hybridized carbons (Fsp3) is 0.571. The number of thioether (sulfide) groups is 1. The van der Waals surface area contributed by atoms with Gasteiger partial charge in [0.25, 0.3) is 0 Å². The van der Waals surface area contributed by atoms with Crippen LogP contribution in [0, 0.1) is 11.3 Å². The SMILES string of the molecule is CSCC(CNc1cnc(C#N)c(Cl)n1)NC(=O)OC(C)(C)C. The van der Waals surface area contributed by atoms with Crippen molar-refractivity contribution in [3.8, 4) is 6.07 Å². The van der Waals surface area contributed by atoms with Gasteiger partial charge in [-0.05, 0) is 27.0 Å². The van der Waals surface area contributed by atoms with Crippen LogP contribution in [0.2, 0.25) is 5.15 Å². The van der Waals surface area contributed by atoms with Crippen LogP contribution in [0.5, 0.6) is 0 Å². The molecule has 2 N–H and O–H groups in total. The first-order valence-corrected chi connectivity index (χ1v) is 8.67. The average Bonchev–Trinajstić information content (AvgIpc) is 2.43. The zero-order valence-electron chi connectivity index (χ0n) is 13.5. The number of anilines is 1. The van der Waals surface area contributed by atoms with Crippen LogP contribution in [0.3, 0.4) is 0 Å². The summed E-state index contributed by atoms with van der Waals surface area (Å²) < 4.78 is 5.24. The molecule has 0 radical (unpaired) electrons. The number of halogens is 1. The molecule has 1 aromatic rings. The molecule has 7 nitrogen and oxygen atoms in total. The Balaban J connectivity index is 2.61. The lowest BCUT2D eigenvalue weighted by atomic mass is 10.2. The topological polar surface area (TPSA) is 99.9 Å². The molecule has 9 heteroatoms. The highest BCUT2D eigenvalue weighted by molar-refractivity contribution is 7.98. The van der Waals surface area contributed by atoms with Crippen LogP contribution in [-0.4, -0.2) is 46.3 Å². The highest BCUT2D eigenvalue weighted by Crippen LogP contribution is 2.13. The van der Waals surface area contributed by atoms with Gasteiger partial charge < -0.3 is 15.4 Å². The summed E-state index contributed by atoms with van der Waals surface area (Å²) in [5.74, 6) is 1.13. The summed E-state index contributed by atoms with van der Waals surface area (Å²) in [5, 5.41) is 14.7. The maximum Gasteiger partial charge on any atom is 0.407 e. The maximum atomic E-state index is 11.8. The smallest absolute Gasteiger partial charge is 0.407 e. The van der Waals surface area contributed by atoms with Gasteiger partial charge in [-0.15, -0.1) is 0 Å². The van der Waals surface area contributed by atoms with Crippen LogP contribution in [0.25, 0.3) is 0 Å². The van der Waals surface area contributed by atoms with E-state index in [1.54, 1.807) is 11.8 Å². The third-order valence-electron chi connectivity index (χ3n) is 2.45. The van der Waals surface area contributed by atoms with E-state index in [2.05, 4.69) is 20.6 Å². The van der Waals surface area contributed by atoms with E-state index in [1.807, 2.05) is 33.1 Å². The molecule has 0 bridgehead atoms. The third-order valence-corrected chi connectivity index (χ3v) is 3.45. The predicted octanol–water partition coefficient (Wildman–Crippen LogP) is 2.67. The van der Waals surface area contributed by atoms with E-state index >= 15 is 0 Å². The number of hydrogen-bond donors (Lipinski definition) is 2. The van der Waals surface area contributed by atoms with Crippen LogP contribution in [0.15, 0.2) is 6.20 Å². The lowest BCUT2D eigenvalue weighted by molar-refractivity contribution is 0.0512. The Labute approximate surface area is 145 Å². The van der Waals surface area contributed by atoms with Gasteiger partial charge in [-0.3, -0.25) is 0 Å². The van der Waals surface area contributed by atoms with Gasteiger partial charge in [0.2, 0.25) is 0 Å². The minimum absolute atomic E-state index is 0.0408. The summed E-state index contributed by atoms with van der Waals surface area (Å²) in [7, 11) is 0. The van der Waals surface area contributed by atoms with Crippen molar-refractivity contribution in [1.29, 1.82) is 5.26 Å². The van der Waals surface area contributed by atoms with E-state index in [-0.39, 0.29) is 16.9 Å². The molecule has 23 heavy (non-hydrogen) atoms. The quantitative estimate of drug-likeness (QED) is 0.807. The van der Waals surface area contributed by atoms with Crippen molar-refractivity contribution in [2.24, 2.45) is 0 Å². The monoisotopic (exact) mass is 357 g/mol. The Hall–Kier alpha value is -1.72. The molecule has 0 aromatic carbocycles. The van der Waals surface area contributed by atoms with Crippen molar-refractivity contribution < 1.29 is 9.53 Å². The Kier molecular flexibility index (Phi) is 7.39. The van der Waals surface area contributed by atoms with Crippen molar-refractivity contribution in [3.05, 3.63) is 17.0 Å². The van der Waals surface area contributed by atoms with Crippen molar-refractivity contribution in [2.75, 3.05) is 23.9 Å². The summed E-state index contributed by atoms with van der Waals surface area (Å²) in [4.78, 5) is 19.8. The molecule has 1 atom stereocenters. The number of nitrogens with zero attached hydrogens (tertiary/aromatic N) is 3. The van der Waals surface area contributed by atoms with Gasteiger partial charge in [0.1, 0.15) is 17.5 Å². The van der Waals surface area contributed by atoms with Gasteiger partial charge in [0.15, 0.2) is 10.8 Å². The molecular weight excluding hydrogens is 338 g/mol. The molecule has 0 spiro atoms. The van der Waals surface area contributed by atoms with Gasteiger partial charge in [-0.1, -0.05) is 11.6 Å². The van der Waals surface area contributed by atoms with E-state index in [9.17, 15) is 4.79 Å². The summed E-state index contributed by atoms with van der Waals surface area (Å²) in [6.45, 7) is 5.85. The molecule has 0 aliphatic rings. The third kappa shape index (κ3) is 7.39. The molecule has 0 aliphatic carbocycles. The summed E-state index contributed by atoms with van der Waals surface area (Å²) >= 11 is 7.43. The minimum Gasteiger partial charge on any atom is -0.444 e. The molecular formula is C14H20ClN5O2S. The second kappa shape index (κ2) is 8.79. The lowest BCUT2D eigenvalue weighted by Gasteiger charge is -2.23. The standard InChI is InChI=1S/C14H20ClN5O2S/c1-14(2,3)22-13(21)19-9(8-23-4)6-18-11-7-17-10(5-16)12(15)20-11/h7,9H,6,8H2,1-4H3,(H,18,20)(H,19,21). The molecule has 1 aromatic heterocycles. The zero-order valence-corrected chi connectivity index (χ0v) is 15.1. The van der Waals surface area contributed by atoms with Crippen molar-refractivity contribution in [3.63, 3.8) is 0 Å². The minimum atomic E-state index is -0.548. The molecule has 0 fully saturated rings. The van der Waals surface area contributed by atoms with E-state index in [4.69, 9.17) is 21.6 Å². The first-order valence-electron chi connectivity index (χ1n) is 6.90. The molecule has 1 unspecified atom stereocenters. The highest BCUT2D eigenvalue weighted by atomic mass is 35.5. The number of aromatic nitrogens is 2. The highest BCUT2D eigenvalue weighted by Gasteiger charge is 2.19. The van der Waals surface area contributed by atoms with Gasteiger partial charge in [-0.25, -0.2) is 14.8 Å². The number of hydrogen-bond acceptors (Lipinski definition) is 7. The fourth-order valence-electron chi connectivity index (χ4n) is 1.58. The van der Waals surface area contributed by atoms with Crippen molar-refractivity contribution in [2.45, 2.75) is 32.4 Å². The van der Waals surface area contributed by atoms with Gasteiger partial charge in [0.05, 0.1) is 12.2 Å². The van der Waals surface area contributed by atoms with Gasteiger partial charge >= 0.3 is 6.09 Å². The van der Waals surface area contributed by atoms with E-state index < -0.39 is 11.7 Å². The van der Waals surface area contributed by atoms with Gasteiger partial charge in [0, 0.05) is 12.3 Å². The Morgan fingerprint density at radius 1 is 1.57 bits per heavy atom. The second-order valence-electron chi connectivity index (χ2n) is 5.69. The van der Waals surface area contributed by atoms with E-state index in [1.165, 1.54) is 6.20 Å². The molecule has 0 saturated heterocycles. The maximum absolute atomic E-state index is 11.8. The predicted molar refractivity (Wildman–Crippen MR) is 91.8 cm³/mol. The number of ether oxygens (including phenoxy) is 1. The fourth-order valence-corrected chi connectivity index (χ4v) is 2.37.